The molecule has 0 fully saturated rings. The highest BCUT2D eigenvalue weighted by atomic mass is 32.2. The van der Waals surface area contributed by atoms with Crippen LogP contribution < -0.4 is 16.3 Å². The van der Waals surface area contributed by atoms with E-state index in [1.54, 1.807) is 31.3 Å². The van der Waals surface area contributed by atoms with E-state index < -0.39 is 11.5 Å². The number of nitrogens with one attached hydrogen (secondary N) is 2. The average Bonchev–Trinajstić information content (AvgIpc) is 3.20. The maximum atomic E-state index is 12.9. The zero-order valence-corrected chi connectivity index (χ0v) is 18.0. The van der Waals surface area contributed by atoms with Gasteiger partial charge in [-0.25, -0.2) is 9.78 Å². The van der Waals surface area contributed by atoms with Crippen LogP contribution in [0.5, 0.6) is 0 Å². The zero-order valence-electron chi connectivity index (χ0n) is 16.4. The molecule has 2 amide bonds. The van der Waals surface area contributed by atoms with Gasteiger partial charge in [-0.1, -0.05) is 71.6 Å². The van der Waals surface area contributed by atoms with Gasteiger partial charge in [-0.05, 0) is 12.1 Å². The minimum absolute atomic E-state index is 0.0920. The summed E-state index contributed by atoms with van der Waals surface area (Å²) in [5.74, 6) is -0.496. The van der Waals surface area contributed by atoms with Crippen molar-refractivity contribution < 1.29 is 14.0 Å². The Morgan fingerprint density at radius 1 is 1.10 bits per heavy atom. The third kappa shape index (κ3) is 4.68. The van der Waals surface area contributed by atoms with Crippen molar-refractivity contribution in [1.29, 1.82) is 0 Å². The summed E-state index contributed by atoms with van der Waals surface area (Å²) < 4.78 is 5.90. The third-order valence-corrected chi connectivity index (χ3v) is 6.49. The predicted octanol–water partition coefficient (Wildman–Crippen LogP) is 4.01. The third-order valence-electron chi connectivity index (χ3n) is 4.37. The van der Waals surface area contributed by atoms with E-state index in [2.05, 4.69) is 15.6 Å². The Morgan fingerprint density at radius 2 is 1.84 bits per heavy atom. The molecule has 2 heterocycles. The highest BCUT2D eigenvalue weighted by Gasteiger charge is 2.20. The lowest BCUT2D eigenvalue weighted by molar-refractivity contribution is -0.118. The summed E-state index contributed by atoms with van der Waals surface area (Å²) in [6, 6.07) is 17.9. The van der Waals surface area contributed by atoms with Gasteiger partial charge in [0.2, 0.25) is 5.91 Å². The van der Waals surface area contributed by atoms with Gasteiger partial charge in [-0.2, -0.15) is 0 Å². The van der Waals surface area contributed by atoms with E-state index in [-0.39, 0.29) is 17.2 Å². The summed E-state index contributed by atoms with van der Waals surface area (Å²) in [6.45, 7) is 0. The van der Waals surface area contributed by atoms with E-state index in [0.29, 0.717) is 26.0 Å². The van der Waals surface area contributed by atoms with Crippen LogP contribution in [0.1, 0.15) is 10.4 Å². The van der Waals surface area contributed by atoms with Crippen LogP contribution in [0.2, 0.25) is 0 Å². The van der Waals surface area contributed by atoms with Crippen LogP contribution in [0.3, 0.4) is 0 Å². The van der Waals surface area contributed by atoms with Gasteiger partial charge in [-0.15, -0.1) is 0 Å². The molecule has 0 radical (unpaired) electrons. The van der Waals surface area contributed by atoms with E-state index in [1.165, 1.54) is 29.2 Å². The first kappa shape index (κ1) is 20.8. The SMILES string of the molecule is CNC(=O)CSc1nc(-c2ccccc2)c(NC(=O)c2cc3ccccc3oc2=O)s1. The molecule has 0 saturated heterocycles. The first-order valence-electron chi connectivity index (χ1n) is 9.29. The maximum absolute atomic E-state index is 12.9. The van der Waals surface area contributed by atoms with Gasteiger partial charge in [-0.3, -0.25) is 9.59 Å². The summed E-state index contributed by atoms with van der Waals surface area (Å²) in [4.78, 5) is 41.4. The number of carbonyl (C=O) groups excluding carboxylic acids is 2. The highest BCUT2D eigenvalue weighted by Crippen LogP contribution is 2.37. The number of fused-ring (bicyclic) bond motifs is 1. The maximum Gasteiger partial charge on any atom is 0.349 e. The van der Waals surface area contributed by atoms with E-state index in [1.807, 2.05) is 30.3 Å². The Labute approximate surface area is 185 Å². The van der Waals surface area contributed by atoms with Crippen LogP contribution in [0.25, 0.3) is 22.2 Å². The van der Waals surface area contributed by atoms with Crippen molar-refractivity contribution in [1.82, 2.24) is 10.3 Å². The fourth-order valence-electron chi connectivity index (χ4n) is 2.83. The number of hydrogen-bond acceptors (Lipinski definition) is 7. The summed E-state index contributed by atoms with van der Waals surface area (Å²) in [7, 11) is 1.57. The number of hydrogen-bond donors (Lipinski definition) is 2. The summed E-state index contributed by atoms with van der Waals surface area (Å²) >= 11 is 2.52. The molecule has 31 heavy (non-hydrogen) atoms. The van der Waals surface area contributed by atoms with Crippen LogP contribution in [-0.4, -0.2) is 29.6 Å². The molecule has 0 saturated carbocycles. The molecule has 2 N–H and O–H groups in total. The van der Waals surface area contributed by atoms with Crippen molar-refractivity contribution in [3.05, 3.63) is 76.6 Å². The molecule has 4 rings (SSSR count). The Hall–Kier alpha value is -3.43. The number of benzene rings is 2. The average molecular weight is 452 g/mol. The molecule has 0 bridgehead atoms. The normalized spacial score (nSPS) is 10.7. The lowest BCUT2D eigenvalue weighted by atomic mass is 10.1. The van der Waals surface area contributed by atoms with Crippen molar-refractivity contribution >= 4 is 50.9 Å². The molecule has 0 aliphatic rings. The Balaban J connectivity index is 1.67. The van der Waals surface area contributed by atoms with E-state index in [9.17, 15) is 14.4 Å². The van der Waals surface area contributed by atoms with Gasteiger partial charge in [0.1, 0.15) is 21.8 Å². The number of thioether (sulfide) groups is 1. The molecule has 0 spiro atoms. The minimum atomic E-state index is -0.712. The molecule has 156 valence electrons. The minimum Gasteiger partial charge on any atom is -0.422 e. The van der Waals surface area contributed by atoms with Crippen molar-refractivity contribution in [2.75, 3.05) is 18.1 Å². The van der Waals surface area contributed by atoms with Crippen molar-refractivity contribution in [2.24, 2.45) is 0 Å². The first-order chi connectivity index (χ1) is 15.0. The van der Waals surface area contributed by atoms with Crippen LogP contribution in [0.15, 0.2) is 74.2 Å². The molecule has 2 aromatic carbocycles. The monoisotopic (exact) mass is 451 g/mol. The number of thiazole rings is 1. The topological polar surface area (TPSA) is 101 Å². The Bertz CT molecular complexity index is 1320. The Morgan fingerprint density at radius 3 is 2.61 bits per heavy atom. The van der Waals surface area contributed by atoms with Gasteiger partial charge < -0.3 is 15.1 Å². The lowest BCUT2D eigenvalue weighted by Crippen LogP contribution is -2.20. The van der Waals surface area contributed by atoms with Crippen LogP contribution in [-0.2, 0) is 4.79 Å². The zero-order chi connectivity index (χ0) is 21.8. The number of aromatic nitrogens is 1. The predicted molar refractivity (Wildman–Crippen MR) is 123 cm³/mol. The Kier molecular flexibility index (Phi) is 6.15. The summed E-state index contributed by atoms with van der Waals surface area (Å²) in [6.07, 6.45) is 0. The largest absolute Gasteiger partial charge is 0.422 e. The second-order valence-electron chi connectivity index (χ2n) is 6.42. The van der Waals surface area contributed by atoms with Crippen LogP contribution in [0.4, 0.5) is 5.00 Å². The molecule has 4 aromatic rings. The fourth-order valence-corrected chi connectivity index (χ4v) is 4.76. The second-order valence-corrected chi connectivity index (χ2v) is 8.65. The molecule has 9 heteroatoms. The van der Waals surface area contributed by atoms with Gasteiger partial charge in [0.05, 0.1) is 5.75 Å². The van der Waals surface area contributed by atoms with E-state index >= 15 is 0 Å². The fraction of sp³-hybridized carbons (Fsp3) is 0.0909. The van der Waals surface area contributed by atoms with Gasteiger partial charge in [0.15, 0.2) is 4.34 Å². The molecular weight excluding hydrogens is 434 g/mol. The molecule has 2 aromatic heterocycles. The summed E-state index contributed by atoms with van der Waals surface area (Å²) in [5.41, 5.74) is 0.997. The number of para-hydroxylation sites is 1. The standard InChI is InChI=1S/C22H17N3O4S2/c1-23-17(26)12-30-22-24-18(13-7-3-2-4-8-13)20(31-22)25-19(27)15-11-14-9-5-6-10-16(14)29-21(15)28/h2-11H,12H2,1H3,(H,23,26)(H,25,27). The number of amides is 2. The highest BCUT2D eigenvalue weighted by molar-refractivity contribution is 8.01. The first-order valence-corrected chi connectivity index (χ1v) is 11.1. The number of anilines is 1. The van der Waals surface area contributed by atoms with Crippen molar-refractivity contribution in [3.8, 4) is 11.3 Å². The second kappa shape index (κ2) is 9.15. The molecule has 0 unspecified atom stereocenters. The van der Waals surface area contributed by atoms with E-state index in [0.717, 1.165) is 5.56 Å². The van der Waals surface area contributed by atoms with E-state index in [4.69, 9.17) is 4.42 Å². The molecule has 0 aliphatic heterocycles. The number of nitrogens with zero attached hydrogens (tertiary/aromatic N) is 1. The van der Waals surface area contributed by atoms with Gasteiger partial charge >= 0.3 is 5.63 Å². The van der Waals surface area contributed by atoms with Crippen LogP contribution in [0, 0.1) is 0 Å². The lowest BCUT2D eigenvalue weighted by Gasteiger charge is -2.05. The molecule has 0 aliphatic carbocycles. The van der Waals surface area contributed by atoms with Gasteiger partial charge in [0.25, 0.3) is 5.91 Å². The summed E-state index contributed by atoms with van der Waals surface area (Å²) in [5, 5.41) is 6.50. The molecule has 7 nitrogen and oxygen atoms in total. The molecule has 0 atom stereocenters. The van der Waals surface area contributed by atoms with Crippen LogP contribution >= 0.6 is 23.1 Å². The number of carbonyl (C=O) groups is 2. The van der Waals surface area contributed by atoms with Gasteiger partial charge in [0, 0.05) is 18.0 Å². The van der Waals surface area contributed by atoms with Crippen molar-refractivity contribution in [3.63, 3.8) is 0 Å². The quantitative estimate of drug-likeness (QED) is 0.339. The van der Waals surface area contributed by atoms with Crippen molar-refractivity contribution in [2.45, 2.75) is 4.34 Å². The molecular formula is C22H17N3O4S2. The number of rotatable bonds is 6. The smallest absolute Gasteiger partial charge is 0.349 e.